The largest absolute Gasteiger partial charge is 0.274 e. The molecule has 0 aliphatic carbocycles. The maximum absolute atomic E-state index is 10.3. The van der Waals surface area contributed by atoms with Gasteiger partial charge in [-0.15, -0.1) is 11.3 Å². The Hall–Kier alpha value is 0.0700. The summed E-state index contributed by atoms with van der Waals surface area (Å²) in [6, 6.07) is 0. The van der Waals surface area contributed by atoms with Crippen molar-refractivity contribution in [2.75, 3.05) is 0 Å². The Morgan fingerprint density at radius 3 is 2.78 bits per heavy atom. The Balaban J connectivity index is 2.98. The summed E-state index contributed by atoms with van der Waals surface area (Å²) < 4.78 is 0.673. The van der Waals surface area contributed by atoms with E-state index < -0.39 is 5.24 Å². The minimum Gasteiger partial charge on any atom is -0.274 e. The smallest absolute Gasteiger partial charge is 0.271 e. The first-order valence-corrected chi connectivity index (χ1v) is 4.06. The van der Waals surface area contributed by atoms with Crippen molar-refractivity contribution in [2.24, 2.45) is 0 Å². The van der Waals surface area contributed by atoms with Crippen molar-refractivity contribution in [2.45, 2.75) is 0 Å². The minimum atomic E-state index is -0.517. The fraction of sp³-hybridized carbons (Fsp3) is 0. The Labute approximate surface area is 69.0 Å². The molecule has 5 heteroatoms. The first-order chi connectivity index (χ1) is 4.20. The van der Waals surface area contributed by atoms with Crippen molar-refractivity contribution in [1.29, 1.82) is 0 Å². The average Bonchev–Trinajstić information content (AvgIpc) is 2.14. The Bertz CT molecular complexity index is 236. The van der Waals surface area contributed by atoms with Gasteiger partial charge in [-0.3, -0.25) is 4.79 Å². The molecule has 0 spiro atoms. The molecule has 0 saturated heterocycles. The quantitative estimate of drug-likeness (QED) is 0.688. The summed E-state index contributed by atoms with van der Waals surface area (Å²) in [6.45, 7) is 0. The lowest BCUT2D eigenvalue weighted by Crippen LogP contribution is -1.86. The molecule has 0 atom stereocenters. The summed E-state index contributed by atoms with van der Waals surface area (Å²) >= 11 is 9.53. The van der Waals surface area contributed by atoms with Gasteiger partial charge < -0.3 is 0 Å². The molecule has 9 heavy (non-hydrogen) atoms. The number of halogens is 2. The molecule has 1 rings (SSSR count). The summed E-state index contributed by atoms with van der Waals surface area (Å²) in [7, 11) is 0. The van der Waals surface area contributed by atoms with Crippen molar-refractivity contribution >= 4 is 44.1 Å². The van der Waals surface area contributed by atoms with Crippen LogP contribution in [0.15, 0.2) is 9.30 Å². The van der Waals surface area contributed by atoms with E-state index in [2.05, 4.69) is 20.9 Å². The van der Waals surface area contributed by atoms with E-state index >= 15 is 0 Å². The summed E-state index contributed by atoms with van der Waals surface area (Å²) in [4.78, 5) is 14.1. The summed E-state index contributed by atoms with van der Waals surface area (Å²) in [5, 5.41) is 1.08. The molecule has 1 aromatic rings. The third-order valence-corrected chi connectivity index (χ3v) is 2.24. The van der Waals surface area contributed by atoms with E-state index in [4.69, 9.17) is 11.6 Å². The zero-order valence-corrected chi connectivity index (χ0v) is 7.26. The Kier molecular flexibility index (Phi) is 2.21. The number of hydrogen-bond acceptors (Lipinski definition) is 3. The van der Waals surface area contributed by atoms with E-state index in [1.165, 1.54) is 11.3 Å². The molecule has 1 heterocycles. The second-order valence-electron chi connectivity index (χ2n) is 1.26. The number of aromatic nitrogens is 1. The van der Waals surface area contributed by atoms with Gasteiger partial charge >= 0.3 is 0 Å². The highest BCUT2D eigenvalue weighted by molar-refractivity contribution is 9.11. The van der Waals surface area contributed by atoms with Gasteiger partial charge in [-0.2, -0.15) is 0 Å². The molecular weight excluding hydrogens is 225 g/mol. The molecule has 1 aromatic heterocycles. The van der Waals surface area contributed by atoms with Crippen LogP contribution < -0.4 is 0 Å². The van der Waals surface area contributed by atoms with E-state index in [-0.39, 0.29) is 0 Å². The third kappa shape index (κ3) is 1.74. The van der Waals surface area contributed by atoms with Crippen LogP contribution in [0.2, 0.25) is 0 Å². The number of rotatable bonds is 1. The van der Waals surface area contributed by atoms with Crippen molar-refractivity contribution in [3.63, 3.8) is 0 Å². The van der Waals surface area contributed by atoms with Gasteiger partial charge in [0.1, 0.15) is 5.69 Å². The zero-order chi connectivity index (χ0) is 6.85. The molecule has 0 bridgehead atoms. The second kappa shape index (κ2) is 2.77. The molecule has 0 amide bonds. The van der Waals surface area contributed by atoms with E-state index in [1.54, 1.807) is 5.38 Å². The number of hydrogen-bond donors (Lipinski definition) is 0. The molecule has 0 radical (unpaired) electrons. The number of thiazole rings is 1. The number of nitrogens with zero attached hydrogens (tertiary/aromatic N) is 1. The molecule has 0 aliphatic heterocycles. The van der Waals surface area contributed by atoms with Crippen molar-refractivity contribution in [1.82, 2.24) is 4.98 Å². The maximum Gasteiger partial charge on any atom is 0.271 e. The summed E-state index contributed by atoms with van der Waals surface area (Å²) in [5.41, 5.74) is 0.300. The predicted molar refractivity (Wildman–Crippen MR) is 40.0 cm³/mol. The van der Waals surface area contributed by atoms with E-state index in [9.17, 15) is 4.79 Å². The molecule has 48 valence electrons. The van der Waals surface area contributed by atoms with Crippen LogP contribution >= 0.6 is 38.9 Å². The molecule has 0 aliphatic rings. The topological polar surface area (TPSA) is 30.0 Å². The first-order valence-electron chi connectivity index (χ1n) is 2.01. The van der Waals surface area contributed by atoms with Gasteiger partial charge in [-0.1, -0.05) is 0 Å². The summed E-state index contributed by atoms with van der Waals surface area (Å²) in [6.07, 6.45) is 0. The fourth-order valence-corrected chi connectivity index (χ4v) is 1.49. The van der Waals surface area contributed by atoms with E-state index in [0.717, 1.165) is 0 Å². The lowest BCUT2D eigenvalue weighted by molar-refractivity contribution is 0.107. The van der Waals surface area contributed by atoms with E-state index in [1.807, 2.05) is 0 Å². The van der Waals surface area contributed by atoms with Crippen LogP contribution in [0.3, 0.4) is 0 Å². The van der Waals surface area contributed by atoms with Crippen LogP contribution in [-0.4, -0.2) is 10.2 Å². The van der Waals surface area contributed by atoms with Crippen molar-refractivity contribution < 1.29 is 4.79 Å². The van der Waals surface area contributed by atoms with Crippen LogP contribution in [0, 0.1) is 0 Å². The van der Waals surface area contributed by atoms with Gasteiger partial charge in [-0.25, -0.2) is 4.98 Å². The average molecular weight is 226 g/mol. The first kappa shape index (κ1) is 7.18. The normalized spacial score (nSPS) is 9.56. The SMILES string of the molecule is O=C(Cl)c1csc(Br)n1. The highest BCUT2D eigenvalue weighted by atomic mass is 79.9. The molecule has 2 nitrogen and oxygen atoms in total. The Morgan fingerprint density at radius 2 is 2.56 bits per heavy atom. The standard InChI is InChI=1S/C4HBrClNOS/c5-4-7-2(1-9-4)3(6)8/h1H. The zero-order valence-electron chi connectivity index (χ0n) is 4.10. The lowest BCUT2D eigenvalue weighted by Gasteiger charge is -1.76. The van der Waals surface area contributed by atoms with Gasteiger partial charge in [0.25, 0.3) is 5.24 Å². The maximum atomic E-state index is 10.3. The molecular formula is C4HBrClNOS. The fourth-order valence-electron chi connectivity index (χ4n) is 0.342. The van der Waals surface area contributed by atoms with Crippen LogP contribution in [0.25, 0.3) is 0 Å². The monoisotopic (exact) mass is 225 g/mol. The van der Waals surface area contributed by atoms with Gasteiger partial charge in [-0.05, 0) is 27.5 Å². The van der Waals surface area contributed by atoms with Crippen molar-refractivity contribution in [3.05, 3.63) is 15.0 Å². The third-order valence-electron chi connectivity index (χ3n) is 0.678. The minimum absolute atomic E-state index is 0.300. The van der Waals surface area contributed by atoms with Crippen LogP contribution in [-0.2, 0) is 0 Å². The summed E-state index contributed by atoms with van der Waals surface area (Å²) in [5.74, 6) is 0. The van der Waals surface area contributed by atoms with Gasteiger partial charge in [0.15, 0.2) is 3.92 Å². The van der Waals surface area contributed by atoms with E-state index in [0.29, 0.717) is 9.61 Å². The lowest BCUT2D eigenvalue weighted by atomic mass is 10.6. The second-order valence-corrected chi connectivity index (χ2v) is 3.74. The Morgan fingerprint density at radius 1 is 1.89 bits per heavy atom. The molecule has 0 N–H and O–H groups in total. The van der Waals surface area contributed by atoms with Crippen LogP contribution in [0.4, 0.5) is 0 Å². The molecule has 0 aromatic carbocycles. The molecule has 0 saturated carbocycles. The highest BCUT2D eigenvalue weighted by Crippen LogP contribution is 2.16. The highest BCUT2D eigenvalue weighted by Gasteiger charge is 2.04. The predicted octanol–water partition coefficient (Wildman–Crippen LogP) is 2.28. The van der Waals surface area contributed by atoms with Crippen molar-refractivity contribution in [3.8, 4) is 0 Å². The van der Waals surface area contributed by atoms with Gasteiger partial charge in [0.05, 0.1) is 0 Å². The van der Waals surface area contributed by atoms with Gasteiger partial charge in [0, 0.05) is 5.38 Å². The number of carbonyl (C=O) groups excluding carboxylic acids is 1. The molecule has 0 unspecified atom stereocenters. The molecule has 0 fully saturated rings. The number of carbonyl (C=O) groups is 1. The van der Waals surface area contributed by atoms with Crippen LogP contribution in [0.1, 0.15) is 10.5 Å². The van der Waals surface area contributed by atoms with Gasteiger partial charge in [0.2, 0.25) is 0 Å². The van der Waals surface area contributed by atoms with Crippen LogP contribution in [0.5, 0.6) is 0 Å².